The molecule has 1 aliphatic rings. The summed E-state index contributed by atoms with van der Waals surface area (Å²) in [6.45, 7) is 5.20. The number of carbonyl (C=O) groups is 1. The van der Waals surface area contributed by atoms with E-state index in [9.17, 15) is 13.2 Å². The molecule has 1 fully saturated rings. The minimum Gasteiger partial charge on any atom is -0.475 e. The Labute approximate surface area is 178 Å². The summed E-state index contributed by atoms with van der Waals surface area (Å²) in [5.41, 5.74) is 1.14. The Hall–Kier alpha value is -2.45. The molecule has 162 valence electrons. The van der Waals surface area contributed by atoms with Crippen molar-refractivity contribution in [2.75, 3.05) is 13.1 Å². The van der Waals surface area contributed by atoms with E-state index >= 15 is 0 Å². The lowest BCUT2D eigenvalue weighted by atomic mass is 10.2. The molecule has 0 aliphatic carbocycles. The highest BCUT2D eigenvalue weighted by atomic mass is 32.2. The second-order valence-corrected chi connectivity index (χ2v) is 9.64. The van der Waals surface area contributed by atoms with Crippen LogP contribution in [0.1, 0.15) is 55.5 Å². The van der Waals surface area contributed by atoms with Gasteiger partial charge in [-0.2, -0.15) is 4.31 Å². The second-order valence-electron chi connectivity index (χ2n) is 7.70. The number of aromatic nitrogens is 1. The monoisotopic (exact) mass is 431 g/mol. The van der Waals surface area contributed by atoms with Gasteiger partial charge in [-0.25, -0.2) is 13.4 Å². The van der Waals surface area contributed by atoms with Crippen LogP contribution >= 0.6 is 0 Å². The van der Waals surface area contributed by atoms with Gasteiger partial charge < -0.3 is 10.1 Å². The Morgan fingerprint density at radius 1 is 1.13 bits per heavy atom. The molecule has 1 saturated heterocycles. The van der Waals surface area contributed by atoms with E-state index in [1.54, 1.807) is 30.5 Å². The number of carbonyl (C=O) groups excluding carboxylic acids is 1. The quantitative estimate of drug-likeness (QED) is 0.726. The molecule has 0 unspecified atom stereocenters. The van der Waals surface area contributed by atoms with Gasteiger partial charge in [0.05, 0.1) is 11.0 Å². The number of hydrogen-bond acceptors (Lipinski definition) is 5. The van der Waals surface area contributed by atoms with Crippen LogP contribution in [0, 0.1) is 0 Å². The lowest BCUT2D eigenvalue weighted by Gasteiger charge is -2.20. The highest BCUT2D eigenvalue weighted by Gasteiger charge is 2.25. The fourth-order valence-electron chi connectivity index (χ4n) is 3.34. The molecule has 30 heavy (non-hydrogen) atoms. The maximum Gasteiger partial charge on any atom is 0.251 e. The van der Waals surface area contributed by atoms with Gasteiger partial charge in [0.1, 0.15) is 0 Å². The van der Waals surface area contributed by atoms with Crippen molar-refractivity contribution < 1.29 is 17.9 Å². The fourth-order valence-corrected chi connectivity index (χ4v) is 4.90. The number of nitrogens with one attached hydrogen (secondary N) is 1. The Balaban J connectivity index is 1.65. The maximum absolute atomic E-state index is 13.0. The second kappa shape index (κ2) is 10.0. The molecule has 0 saturated carbocycles. The van der Waals surface area contributed by atoms with Crippen LogP contribution in [0.3, 0.4) is 0 Å². The molecular weight excluding hydrogens is 402 g/mol. The molecule has 1 aromatic heterocycles. The molecule has 1 amide bonds. The average Bonchev–Trinajstić information content (AvgIpc) is 3.03. The third-order valence-corrected chi connectivity index (χ3v) is 6.80. The van der Waals surface area contributed by atoms with Gasteiger partial charge in [0.25, 0.3) is 5.91 Å². The summed E-state index contributed by atoms with van der Waals surface area (Å²) in [5.74, 6) is 0.205. The van der Waals surface area contributed by atoms with E-state index in [1.165, 1.54) is 10.4 Å². The van der Waals surface area contributed by atoms with Gasteiger partial charge in [-0.3, -0.25) is 4.79 Å². The van der Waals surface area contributed by atoms with E-state index in [0.717, 1.165) is 31.2 Å². The minimum absolute atomic E-state index is 0.0425. The van der Waals surface area contributed by atoms with Crippen LogP contribution in [0.4, 0.5) is 0 Å². The molecule has 2 heterocycles. The number of nitrogens with zero attached hydrogens (tertiary/aromatic N) is 2. The van der Waals surface area contributed by atoms with Crippen molar-refractivity contribution >= 4 is 15.9 Å². The smallest absolute Gasteiger partial charge is 0.251 e. The van der Waals surface area contributed by atoms with Gasteiger partial charge in [-0.05, 0) is 50.5 Å². The first kappa shape index (κ1) is 22.2. The predicted molar refractivity (Wildman–Crippen MR) is 115 cm³/mol. The van der Waals surface area contributed by atoms with Crippen molar-refractivity contribution in [1.82, 2.24) is 14.6 Å². The molecule has 2 aromatic rings. The van der Waals surface area contributed by atoms with E-state index in [-0.39, 0.29) is 23.5 Å². The van der Waals surface area contributed by atoms with Crippen LogP contribution in [-0.4, -0.2) is 42.8 Å². The molecular formula is C22H29N3O4S. The zero-order valence-electron chi connectivity index (χ0n) is 17.5. The van der Waals surface area contributed by atoms with Gasteiger partial charge in [0, 0.05) is 37.5 Å². The lowest BCUT2D eigenvalue weighted by Crippen LogP contribution is -2.32. The number of rotatable bonds is 7. The van der Waals surface area contributed by atoms with Crippen LogP contribution in [-0.2, 0) is 16.6 Å². The van der Waals surface area contributed by atoms with Crippen molar-refractivity contribution in [3.63, 3.8) is 0 Å². The summed E-state index contributed by atoms with van der Waals surface area (Å²) in [5, 5.41) is 2.82. The van der Waals surface area contributed by atoms with Crippen LogP contribution < -0.4 is 10.1 Å². The Morgan fingerprint density at radius 3 is 2.50 bits per heavy atom. The van der Waals surface area contributed by atoms with E-state index in [4.69, 9.17) is 4.74 Å². The van der Waals surface area contributed by atoms with Crippen LogP contribution in [0.25, 0.3) is 0 Å². The summed E-state index contributed by atoms with van der Waals surface area (Å²) >= 11 is 0. The number of amides is 1. The van der Waals surface area contributed by atoms with Crippen LogP contribution in [0.5, 0.6) is 5.88 Å². The highest BCUT2D eigenvalue weighted by Crippen LogP contribution is 2.21. The normalized spacial score (nSPS) is 15.6. The molecule has 3 rings (SSSR count). The fraction of sp³-hybridized carbons (Fsp3) is 0.455. The maximum atomic E-state index is 13.0. The van der Waals surface area contributed by atoms with E-state index < -0.39 is 10.0 Å². The first-order valence-corrected chi connectivity index (χ1v) is 11.8. The van der Waals surface area contributed by atoms with E-state index in [0.29, 0.717) is 24.5 Å². The minimum atomic E-state index is -3.59. The van der Waals surface area contributed by atoms with Crippen LogP contribution in [0.2, 0.25) is 0 Å². The molecule has 0 bridgehead atoms. The molecule has 7 nitrogen and oxygen atoms in total. The summed E-state index contributed by atoms with van der Waals surface area (Å²) < 4.78 is 33.0. The Kier molecular flexibility index (Phi) is 7.44. The molecule has 1 aliphatic heterocycles. The molecule has 1 N–H and O–H groups in total. The van der Waals surface area contributed by atoms with E-state index in [2.05, 4.69) is 10.3 Å². The number of pyridine rings is 1. The van der Waals surface area contributed by atoms with Crippen molar-refractivity contribution in [3.8, 4) is 5.88 Å². The summed E-state index contributed by atoms with van der Waals surface area (Å²) in [4.78, 5) is 17.0. The molecule has 0 atom stereocenters. The van der Waals surface area contributed by atoms with Gasteiger partial charge in [0.2, 0.25) is 15.9 Å². The summed E-state index contributed by atoms with van der Waals surface area (Å²) in [6.07, 6.45) is 5.53. The van der Waals surface area contributed by atoms with Gasteiger partial charge in [-0.1, -0.05) is 25.0 Å². The van der Waals surface area contributed by atoms with Crippen molar-refractivity contribution in [3.05, 3.63) is 53.7 Å². The number of ether oxygens (including phenoxy) is 1. The third kappa shape index (κ3) is 5.79. The zero-order chi connectivity index (χ0) is 21.6. The van der Waals surface area contributed by atoms with Gasteiger partial charge in [-0.15, -0.1) is 0 Å². The third-order valence-electron chi connectivity index (χ3n) is 4.91. The topological polar surface area (TPSA) is 88.6 Å². The van der Waals surface area contributed by atoms with E-state index in [1.807, 2.05) is 19.9 Å². The number of hydrogen-bond donors (Lipinski definition) is 1. The molecule has 0 radical (unpaired) electrons. The molecule has 0 spiro atoms. The average molecular weight is 432 g/mol. The predicted octanol–water partition coefficient (Wildman–Crippen LogP) is 3.36. The van der Waals surface area contributed by atoms with Crippen molar-refractivity contribution in [2.24, 2.45) is 0 Å². The Morgan fingerprint density at radius 2 is 1.87 bits per heavy atom. The van der Waals surface area contributed by atoms with Crippen molar-refractivity contribution in [2.45, 2.75) is 57.1 Å². The number of sulfonamides is 1. The SMILES string of the molecule is CC(C)Oc1ccc(CNC(=O)c2cccc(S(=O)(=O)N3CCCCCC3)c2)cn1. The first-order valence-electron chi connectivity index (χ1n) is 10.4. The van der Waals surface area contributed by atoms with Gasteiger partial charge in [0.15, 0.2) is 0 Å². The molecule has 1 aromatic carbocycles. The highest BCUT2D eigenvalue weighted by molar-refractivity contribution is 7.89. The largest absolute Gasteiger partial charge is 0.475 e. The summed E-state index contributed by atoms with van der Waals surface area (Å²) in [6, 6.07) is 9.83. The zero-order valence-corrected chi connectivity index (χ0v) is 18.3. The Bertz CT molecular complexity index is 951. The first-order chi connectivity index (χ1) is 14.4. The van der Waals surface area contributed by atoms with Gasteiger partial charge >= 0.3 is 0 Å². The lowest BCUT2D eigenvalue weighted by molar-refractivity contribution is 0.0950. The summed E-state index contributed by atoms with van der Waals surface area (Å²) in [7, 11) is -3.59. The van der Waals surface area contributed by atoms with Crippen molar-refractivity contribution in [1.29, 1.82) is 0 Å². The molecule has 8 heteroatoms. The standard InChI is InChI=1S/C22H29N3O4S/c1-17(2)29-21-11-10-18(15-23-21)16-24-22(26)19-8-7-9-20(14-19)30(27,28)25-12-5-3-4-6-13-25/h7-11,14-15,17H,3-6,12-13,16H2,1-2H3,(H,24,26). The number of benzene rings is 1. The van der Waals surface area contributed by atoms with Crippen LogP contribution in [0.15, 0.2) is 47.5 Å².